The van der Waals surface area contributed by atoms with E-state index in [0.717, 1.165) is 10.5 Å². The van der Waals surface area contributed by atoms with E-state index in [4.69, 9.17) is 11.6 Å². The van der Waals surface area contributed by atoms with Crippen molar-refractivity contribution < 1.29 is 4.79 Å². The highest BCUT2D eigenvalue weighted by Crippen LogP contribution is 2.18. The number of amides is 1. The molecule has 0 atom stereocenters. The molecule has 22 heavy (non-hydrogen) atoms. The lowest BCUT2D eigenvalue weighted by molar-refractivity contribution is -0.112. The van der Waals surface area contributed by atoms with Crippen LogP contribution in [0.4, 0.5) is 5.69 Å². The largest absolute Gasteiger partial charge is 0.321 e. The molecule has 0 aliphatic rings. The second-order valence-corrected chi connectivity index (χ2v) is 5.72. The molecule has 0 spiro atoms. The predicted molar refractivity (Wildman–Crippen MR) is 91.9 cm³/mol. The summed E-state index contributed by atoms with van der Waals surface area (Å²) in [5.74, 6) is -0.460. The van der Waals surface area contributed by atoms with Gasteiger partial charge in [0.2, 0.25) is 0 Å². The molecule has 1 amide bonds. The maximum absolute atomic E-state index is 12.1. The fraction of sp³-hybridized carbons (Fsp3) is 0.0588. The summed E-state index contributed by atoms with van der Waals surface area (Å²) in [6.45, 7) is 0. The number of halogens is 1. The Morgan fingerprint density at radius 1 is 1.27 bits per heavy atom. The molecule has 2 aromatic rings. The zero-order valence-corrected chi connectivity index (χ0v) is 13.4. The standard InChI is InChI=1S/C17H13ClN2OS/c1-22-16-7-5-12(6-8-16)9-13(11-19)17(21)20-15-4-2-3-14(18)10-15/h2-10H,1H3,(H,20,21)/b13-9+. The van der Waals surface area contributed by atoms with Crippen LogP contribution in [0.5, 0.6) is 0 Å². The molecular weight excluding hydrogens is 316 g/mol. The zero-order chi connectivity index (χ0) is 15.9. The normalized spacial score (nSPS) is 10.9. The van der Waals surface area contributed by atoms with E-state index in [0.29, 0.717) is 10.7 Å². The van der Waals surface area contributed by atoms with Crippen molar-refractivity contribution in [3.05, 3.63) is 64.7 Å². The fourth-order valence-electron chi connectivity index (χ4n) is 1.78. The van der Waals surface area contributed by atoms with Gasteiger partial charge in [0.15, 0.2) is 0 Å². The molecular formula is C17H13ClN2OS. The molecule has 0 fully saturated rings. The quantitative estimate of drug-likeness (QED) is 0.506. The van der Waals surface area contributed by atoms with Gasteiger partial charge in [-0.05, 0) is 48.2 Å². The average molecular weight is 329 g/mol. The van der Waals surface area contributed by atoms with Crippen LogP contribution >= 0.6 is 23.4 Å². The Morgan fingerprint density at radius 2 is 2.00 bits per heavy atom. The number of thioether (sulfide) groups is 1. The van der Waals surface area contributed by atoms with Crippen LogP contribution in [0.2, 0.25) is 5.02 Å². The Labute approximate surface area is 138 Å². The number of nitrogens with zero attached hydrogens (tertiary/aromatic N) is 1. The number of anilines is 1. The predicted octanol–water partition coefficient (Wildman–Crippen LogP) is 4.61. The minimum absolute atomic E-state index is 0.0388. The average Bonchev–Trinajstić information content (AvgIpc) is 2.53. The molecule has 0 bridgehead atoms. The summed E-state index contributed by atoms with van der Waals surface area (Å²) < 4.78 is 0. The molecule has 0 aliphatic carbocycles. The van der Waals surface area contributed by atoms with Gasteiger partial charge in [0, 0.05) is 15.6 Å². The Kier molecular flexibility index (Phi) is 5.65. The Morgan fingerprint density at radius 3 is 2.59 bits per heavy atom. The van der Waals surface area contributed by atoms with Crippen molar-refractivity contribution in [2.75, 3.05) is 11.6 Å². The van der Waals surface area contributed by atoms with E-state index in [1.165, 1.54) is 0 Å². The molecule has 2 rings (SSSR count). The molecule has 1 N–H and O–H groups in total. The van der Waals surface area contributed by atoms with Crippen LogP contribution in [0.3, 0.4) is 0 Å². The van der Waals surface area contributed by atoms with Gasteiger partial charge in [-0.2, -0.15) is 5.26 Å². The first-order valence-corrected chi connectivity index (χ1v) is 8.05. The SMILES string of the molecule is CSc1ccc(/C=C(\C#N)C(=O)Nc2cccc(Cl)c2)cc1. The van der Waals surface area contributed by atoms with Gasteiger partial charge in [-0.3, -0.25) is 4.79 Å². The van der Waals surface area contributed by atoms with Gasteiger partial charge in [0.05, 0.1) is 0 Å². The van der Waals surface area contributed by atoms with E-state index >= 15 is 0 Å². The van der Waals surface area contributed by atoms with Gasteiger partial charge in [-0.15, -0.1) is 11.8 Å². The summed E-state index contributed by atoms with van der Waals surface area (Å²) in [7, 11) is 0. The zero-order valence-electron chi connectivity index (χ0n) is 11.8. The van der Waals surface area contributed by atoms with Crippen LogP contribution < -0.4 is 5.32 Å². The van der Waals surface area contributed by atoms with Crippen LogP contribution in [0.25, 0.3) is 6.08 Å². The molecule has 0 aromatic heterocycles. The molecule has 0 aliphatic heterocycles. The number of nitrogens with one attached hydrogen (secondary N) is 1. The van der Waals surface area contributed by atoms with Gasteiger partial charge in [-0.25, -0.2) is 0 Å². The fourth-order valence-corrected chi connectivity index (χ4v) is 2.38. The molecule has 5 heteroatoms. The van der Waals surface area contributed by atoms with Crippen molar-refractivity contribution in [2.45, 2.75) is 4.90 Å². The van der Waals surface area contributed by atoms with E-state index in [2.05, 4.69) is 5.32 Å². The summed E-state index contributed by atoms with van der Waals surface area (Å²) in [6.07, 6.45) is 3.55. The molecule has 0 saturated carbocycles. The second kappa shape index (κ2) is 7.69. The van der Waals surface area contributed by atoms with Crippen molar-refractivity contribution in [3.63, 3.8) is 0 Å². The van der Waals surface area contributed by atoms with E-state index in [-0.39, 0.29) is 5.57 Å². The highest BCUT2D eigenvalue weighted by Gasteiger charge is 2.09. The monoisotopic (exact) mass is 328 g/mol. The number of carbonyl (C=O) groups is 1. The number of carbonyl (C=O) groups excluding carboxylic acids is 1. The smallest absolute Gasteiger partial charge is 0.266 e. The molecule has 3 nitrogen and oxygen atoms in total. The van der Waals surface area contributed by atoms with E-state index in [1.54, 1.807) is 42.1 Å². The van der Waals surface area contributed by atoms with Gasteiger partial charge < -0.3 is 5.32 Å². The van der Waals surface area contributed by atoms with Crippen molar-refractivity contribution >= 4 is 41.0 Å². The van der Waals surface area contributed by atoms with Crippen molar-refractivity contribution in [2.24, 2.45) is 0 Å². The van der Waals surface area contributed by atoms with Gasteiger partial charge >= 0.3 is 0 Å². The number of rotatable bonds is 4. The minimum Gasteiger partial charge on any atom is -0.321 e. The van der Waals surface area contributed by atoms with Gasteiger partial charge in [-0.1, -0.05) is 29.8 Å². The summed E-state index contributed by atoms with van der Waals surface area (Å²) in [5, 5.41) is 12.4. The van der Waals surface area contributed by atoms with Crippen molar-refractivity contribution in [1.29, 1.82) is 5.26 Å². The number of hydrogen-bond acceptors (Lipinski definition) is 3. The number of benzene rings is 2. The van der Waals surface area contributed by atoms with Crippen LogP contribution in [-0.4, -0.2) is 12.2 Å². The lowest BCUT2D eigenvalue weighted by Gasteiger charge is -2.04. The maximum Gasteiger partial charge on any atom is 0.266 e. The summed E-state index contributed by atoms with van der Waals surface area (Å²) in [4.78, 5) is 13.3. The van der Waals surface area contributed by atoms with Crippen LogP contribution in [0.15, 0.2) is 59.0 Å². The summed E-state index contributed by atoms with van der Waals surface area (Å²) >= 11 is 7.50. The van der Waals surface area contributed by atoms with Crippen molar-refractivity contribution in [1.82, 2.24) is 0 Å². The molecule has 0 radical (unpaired) electrons. The van der Waals surface area contributed by atoms with Gasteiger partial charge in [0.25, 0.3) is 5.91 Å². The lowest BCUT2D eigenvalue weighted by Crippen LogP contribution is -2.13. The molecule has 2 aromatic carbocycles. The topological polar surface area (TPSA) is 52.9 Å². The van der Waals surface area contributed by atoms with Crippen molar-refractivity contribution in [3.8, 4) is 6.07 Å². The van der Waals surface area contributed by atoms with Crippen LogP contribution in [-0.2, 0) is 4.79 Å². The third-order valence-corrected chi connectivity index (χ3v) is 3.85. The van der Waals surface area contributed by atoms with Crippen LogP contribution in [0, 0.1) is 11.3 Å². The summed E-state index contributed by atoms with van der Waals surface area (Å²) in [6, 6.07) is 16.3. The van der Waals surface area contributed by atoms with Crippen LogP contribution in [0.1, 0.15) is 5.56 Å². The minimum atomic E-state index is -0.460. The lowest BCUT2D eigenvalue weighted by atomic mass is 10.1. The first kappa shape index (κ1) is 16.2. The van der Waals surface area contributed by atoms with Gasteiger partial charge in [0.1, 0.15) is 11.6 Å². The Bertz CT molecular complexity index is 748. The maximum atomic E-state index is 12.1. The first-order chi connectivity index (χ1) is 10.6. The first-order valence-electron chi connectivity index (χ1n) is 6.45. The molecule has 0 saturated heterocycles. The Balaban J connectivity index is 2.17. The highest BCUT2D eigenvalue weighted by molar-refractivity contribution is 7.98. The molecule has 0 unspecified atom stereocenters. The van der Waals surface area contributed by atoms with E-state index in [1.807, 2.05) is 36.6 Å². The molecule has 110 valence electrons. The number of hydrogen-bond donors (Lipinski definition) is 1. The second-order valence-electron chi connectivity index (χ2n) is 4.41. The number of nitriles is 1. The summed E-state index contributed by atoms with van der Waals surface area (Å²) in [5.41, 5.74) is 1.39. The Hall–Kier alpha value is -2.22. The van der Waals surface area contributed by atoms with E-state index in [9.17, 15) is 10.1 Å². The molecule has 0 heterocycles. The third-order valence-electron chi connectivity index (χ3n) is 2.87. The highest BCUT2D eigenvalue weighted by atomic mass is 35.5. The third kappa shape index (κ3) is 4.39. The van der Waals surface area contributed by atoms with E-state index < -0.39 is 5.91 Å².